The minimum atomic E-state index is -2.19. The zero-order valence-corrected chi connectivity index (χ0v) is 13.5. The van der Waals surface area contributed by atoms with Gasteiger partial charge in [0.2, 0.25) is 6.33 Å². The molecule has 1 heterocycles. The molecule has 0 spiro atoms. The lowest BCUT2D eigenvalue weighted by Gasteiger charge is -2.03. The predicted molar refractivity (Wildman–Crippen MR) is 79.6 cm³/mol. The van der Waals surface area contributed by atoms with Crippen LogP contribution in [-0.2, 0) is 16.1 Å². The third kappa shape index (κ3) is 6.92. The first kappa shape index (κ1) is 18.6. The van der Waals surface area contributed by atoms with Crippen molar-refractivity contribution in [2.45, 2.75) is 26.8 Å². The number of para-hydroxylation sites is 2. The fourth-order valence-corrected chi connectivity index (χ4v) is 2.07. The first-order valence-electron chi connectivity index (χ1n) is 7.61. The fraction of sp³-hybridized carbons (Fsp3) is 0.438. The summed E-state index contributed by atoms with van der Waals surface area (Å²) < 4.78 is 2.29. The van der Waals surface area contributed by atoms with Gasteiger partial charge in [-0.2, -0.15) is 0 Å². The minimum Gasteiger partial charge on any atom is -0.543 e. The molecule has 126 valence electrons. The summed E-state index contributed by atoms with van der Waals surface area (Å²) in [6, 6.07) is 8.45. The van der Waals surface area contributed by atoms with Gasteiger partial charge in [-0.3, -0.25) is 0 Å². The largest absolute Gasteiger partial charge is 0.543 e. The minimum absolute atomic E-state index is 0.812. The Bertz CT molecular complexity index is 625. The van der Waals surface area contributed by atoms with E-state index in [9.17, 15) is 0 Å². The third-order valence-corrected chi connectivity index (χ3v) is 3.28. The van der Waals surface area contributed by atoms with Gasteiger partial charge in [0.05, 0.1) is 18.5 Å². The van der Waals surface area contributed by atoms with Gasteiger partial charge < -0.3 is 25.1 Å². The van der Waals surface area contributed by atoms with Gasteiger partial charge in [-0.25, -0.2) is 9.55 Å². The van der Waals surface area contributed by atoms with Gasteiger partial charge >= 0.3 is 0 Å². The predicted octanol–water partition coefficient (Wildman–Crippen LogP) is -2.45. The van der Waals surface area contributed by atoms with Crippen LogP contribution in [0.3, 0.4) is 0 Å². The van der Waals surface area contributed by atoms with Crippen molar-refractivity contribution in [3.63, 3.8) is 0 Å². The number of nitrogens with zero attached hydrogens (tertiary/aromatic N) is 1. The summed E-state index contributed by atoms with van der Waals surface area (Å²) >= 11 is 0. The van der Waals surface area contributed by atoms with Crippen LogP contribution >= 0.6 is 0 Å². The second-order valence-corrected chi connectivity index (χ2v) is 5.61. The van der Waals surface area contributed by atoms with E-state index in [1.54, 1.807) is 0 Å². The second-order valence-electron chi connectivity index (χ2n) is 5.61. The molecule has 3 N–H and O–H groups in total. The number of H-pyrrole nitrogens is 1. The molecule has 0 bridgehead atoms. The first-order valence-corrected chi connectivity index (χ1v) is 7.61. The summed E-state index contributed by atoms with van der Waals surface area (Å²) in [5.41, 5.74) is 2.51. The molecule has 23 heavy (non-hydrogen) atoms. The highest BCUT2D eigenvalue weighted by atomic mass is 16.4. The number of nitrogens with two attached hydrogens (primary N) is 1. The van der Waals surface area contributed by atoms with Crippen LogP contribution in [0.1, 0.15) is 20.3 Å². The van der Waals surface area contributed by atoms with Crippen molar-refractivity contribution in [2.24, 2.45) is 5.92 Å². The van der Waals surface area contributed by atoms with E-state index >= 15 is 0 Å². The summed E-state index contributed by atoms with van der Waals surface area (Å²) in [6.07, 6.45) is 3.37. The van der Waals surface area contributed by atoms with Crippen molar-refractivity contribution in [3.05, 3.63) is 30.6 Å². The molecular weight excluding hydrogens is 298 g/mol. The number of aliphatic carboxylic acids is 2. The van der Waals surface area contributed by atoms with Crippen LogP contribution in [0.2, 0.25) is 0 Å². The summed E-state index contributed by atoms with van der Waals surface area (Å²) in [7, 11) is 0. The topological polar surface area (TPSA) is 117 Å². The molecule has 0 saturated heterocycles. The third-order valence-electron chi connectivity index (χ3n) is 3.28. The zero-order valence-electron chi connectivity index (χ0n) is 13.5. The van der Waals surface area contributed by atoms with E-state index < -0.39 is 11.9 Å². The van der Waals surface area contributed by atoms with Crippen LogP contribution in [0.25, 0.3) is 11.0 Å². The van der Waals surface area contributed by atoms with Crippen molar-refractivity contribution >= 4 is 23.0 Å². The Kier molecular flexibility index (Phi) is 7.76. The van der Waals surface area contributed by atoms with Crippen molar-refractivity contribution in [3.8, 4) is 0 Å². The molecular formula is C16H23N3O4. The quantitative estimate of drug-likeness (QED) is 0.349. The number of carbonyl (C=O) groups excluding carboxylic acids is 2. The number of rotatable bonds is 6. The second kappa shape index (κ2) is 9.58. The lowest BCUT2D eigenvalue weighted by Crippen LogP contribution is -2.86. The number of aromatic amines is 1. The number of carboxylic acids is 2. The molecule has 0 fully saturated rings. The molecule has 1 aromatic carbocycles. The number of nitrogens with one attached hydrogen (secondary N) is 1. The Labute approximate surface area is 135 Å². The monoisotopic (exact) mass is 321 g/mol. The number of carboxylic acid groups (broad SMARTS) is 2. The van der Waals surface area contributed by atoms with Gasteiger partial charge in [0, 0.05) is 0 Å². The van der Waals surface area contributed by atoms with E-state index in [-0.39, 0.29) is 0 Å². The lowest BCUT2D eigenvalue weighted by atomic mass is 10.1. The highest BCUT2D eigenvalue weighted by Gasteiger charge is 2.08. The van der Waals surface area contributed by atoms with Crippen LogP contribution in [-0.4, -0.2) is 30.0 Å². The van der Waals surface area contributed by atoms with Crippen molar-refractivity contribution in [2.75, 3.05) is 13.1 Å². The smallest absolute Gasteiger partial charge is 0.242 e. The SMILES string of the molecule is CC(C)CC[NH2+]CC[n+]1c[nH]c2ccccc21.O=C([O-])C(=O)[O-]. The molecule has 2 rings (SSSR count). The Morgan fingerprint density at radius 3 is 2.43 bits per heavy atom. The van der Waals surface area contributed by atoms with E-state index in [1.165, 1.54) is 24.0 Å². The number of fused-ring (bicyclic) bond motifs is 1. The number of hydrogen-bond donors (Lipinski definition) is 2. The van der Waals surface area contributed by atoms with Crippen molar-refractivity contribution in [1.29, 1.82) is 0 Å². The van der Waals surface area contributed by atoms with Gasteiger partial charge in [-0.15, -0.1) is 0 Å². The number of benzene rings is 1. The van der Waals surface area contributed by atoms with E-state index in [1.807, 2.05) is 0 Å². The molecule has 7 heteroatoms. The zero-order chi connectivity index (χ0) is 17.2. The average Bonchev–Trinajstić information content (AvgIpc) is 2.90. The molecule has 0 aliphatic heterocycles. The Morgan fingerprint density at radius 2 is 1.83 bits per heavy atom. The summed E-state index contributed by atoms with van der Waals surface area (Å²) in [5, 5.41) is 20.3. The molecule has 0 atom stereocenters. The maximum Gasteiger partial charge on any atom is 0.242 e. The average molecular weight is 321 g/mol. The van der Waals surface area contributed by atoms with Crippen LogP contribution in [0, 0.1) is 5.92 Å². The number of aromatic nitrogens is 2. The summed E-state index contributed by atoms with van der Waals surface area (Å²) in [6.45, 7) is 8.02. The maximum absolute atomic E-state index is 8.93. The van der Waals surface area contributed by atoms with Crippen LogP contribution < -0.4 is 20.1 Å². The van der Waals surface area contributed by atoms with Crippen LogP contribution in [0.5, 0.6) is 0 Å². The van der Waals surface area contributed by atoms with Gasteiger partial charge in [-0.1, -0.05) is 26.0 Å². The summed E-state index contributed by atoms with van der Waals surface area (Å²) in [4.78, 5) is 21.1. The molecule has 0 aliphatic carbocycles. The molecule has 1 aromatic heterocycles. The molecule has 0 unspecified atom stereocenters. The molecule has 2 aromatic rings. The fourth-order valence-electron chi connectivity index (χ4n) is 2.07. The summed E-state index contributed by atoms with van der Waals surface area (Å²) in [5.74, 6) is -3.56. The van der Waals surface area contributed by atoms with E-state index in [0.717, 1.165) is 19.0 Å². The Balaban J connectivity index is 0.000000379. The van der Waals surface area contributed by atoms with E-state index in [0.29, 0.717) is 0 Å². The van der Waals surface area contributed by atoms with E-state index in [2.05, 4.69) is 59.3 Å². The van der Waals surface area contributed by atoms with E-state index in [4.69, 9.17) is 19.8 Å². The highest BCUT2D eigenvalue weighted by molar-refractivity contribution is 6.25. The number of imidazole rings is 1. The van der Waals surface area contributed by atoms with Gasteiger partial charge in [0.1, 0.15) is 13.1 Å². The molecule has 7 nitrogen and oxygen atoms in total. The van der Waals surface area contributed by atoms with Crippen molar-refractivity contribution in [1.82, 2.24) is 4.98 Å². The Hall–Kier alpha value is -2.41. The lowest BCUT2D eigenvalue weighted by molar-refractivity contribution is -0.739. The molecule has 0 amide bonds. The number of carbonyl (C=O) groups is 2. The standard InChI is InChI=1S/C14H21N3.C2H2O4/c1-12(2)7-8-15-9-10-17-11-16-13-5-3-4-6-14(13)17;3-1(4)2(5)6/h3-6,11-12,15H,7-10H2,1-2H3;(H,3,4)(H,5,6). The molecule has 0 saturated carbocycles. The number of hydrogen-bond acceptors (Lipinski definition) is 4. The molecule has 0 aliphatic rings. The normalized spacial score (nSPS) is 10.4. The molecule has 0 radical (unpaired) electrons. The van der Waals surface area contributed by atoms with Crippen LogP contribution in [0.4, 0.5) is 0 Å². The van der Waals surface area contributed by atoms with Crippen molar-refractivity contribution < 1.29 is 29.7 Å². The van der Waals surface area contributed by atoms with Gasteiger partial charge in [0.15, 0.2) is 11.0 Å². The van der Waals surface area contributed by atoms with Crippen LogP contribution in [0.15, 0.2) is 30.6 Å². The maximum atomic E-state index is 8.93. The van der Waals surface area contributed by atoms with Gasteiger partial charge in [-0.05, 0) is 24.5 Å². The highest BCUT2D eigenvalue weighted by Crippen LogP contribution is 2.04. The number of quaternary nitrogens is 1. The first-order chi connectivity index (χ1) is 10.9. The van der Waals surface area contributed by atoms with Gasteiger partial charge in [0.25, 0.3) is 0 Å². The Morgan fingerprint density at radius 1 is 1.17 bits per heavy atom.